The first-order chi connectivity index (χ1) is 18.4. The number of nitrogens with zero attached hydrogens (tertiary/aromatic N) is 6. The second kappa shape index (κ2) is 10.6. The zero-order valence-electron chi connectivity index (χ0n) is 22.3. The van der Waals surface area contributed by atoms with E-state index < -0.39 is 0 Å². The monoisotopic (exact) mass is 507 g/mol. The van der Waals surface area contributed by atoms with E-state index in [9.17, 15) is 4.79 Å². The Bertz CT molecular complexity index is 1570. The first-order valence-corrected chi connectivity index (χ1v) is 13.1. The molecule has 0 fully saturated rings. The number of aryl methyl sites for hydroxylation is 1. The number of tetrazole rings is 1. The molecule has 0 aliphatic heterocycles. The molecule has 0 amide bonds. The number of para-hydroxylation sites is 1. The van der Waals surface area contributed by atoms with Crippen molar-refractivity contribution in [2.75, 3.05) is 0 Å². The summed E-state index contributed by atoms with van der Waals surface area (Å²) in [5.41, 5.74) is 6.56. The minimum atomic E-state index is -0.0841. The van der Waals surface area contributed by atoms with E-state index in [0.29, 0.717) is 12.4 Å². The minimum Gasteiger partial charge on any atom is -0.292 e. The lowest BCUT2D eigenvalue weighted by Crippen LogP contribution is -2.26. The molecule has 38 heavy (non-hydrogen) atoms. The fourth-order valence-corrected chi connectivity index (χ4v) is 4.78. The van der Waals surface area contributed by atoms with Crippen LogP contribution in [0.25, 0.3) is 28.3 Å². The van der Waals surface area contributed by atoms with E-state index in [1.807, 2.05) is 76.1 Å². The van der Waals surface area contributed by atoms with Crippen molar-refractivity contribution in [2.24, 2.45) is 0 Å². The van der Waals surface area contributed by atoms with Crippen molar-refractivity contribution in [3.05, 3.63) is 100 Å². The van der Waals surface area contributed by atoms with Crippen LogP contribution in [0.1, 0.15) is 57.4 Å². The van der Waals surface area contributed by atoms with Crippen molar-refractivity contribution in [2.45, 2.75) is 58.9 Å². The average molecular weight is 508 g/mol. The van der Waals surface area contributed by atoms with Gasteiger partial charge in [0.15, 0.2) is 0 Å². The molecule has 0 atom stereocenters. The first-order valence-electron chi connectivity index (χ1n) is 13.1. The SMILES string of the molecule is CCCCc1cn(-c2ccccc2C(C)(C)C)c(=O)n1Cc1ccc(-c2ccccc2-c2nn[nH]n2)nc1. The molecule has 2 aromatic carbocycles. The van der Waals surface area contributed by atoms with Crippen LogP contribution in [0.2, 0.25) is 0 Å². The molecule has 5 aromatic rings. The third-order valence-electron chi connectivity index (χ3n) is 6.77. The first kappa shape index (κ1) is 25.3. The van der Waals surface area contributed by atoms with E-state index >= 15 is 0 Å². The van der Waals surface area contributed by atoms with Gasteiger partial charge in [-0.2, -0.15) is 5.21 Å². The van der Waals surface area contributed by atoms with Crippen LogP contribution in [0.4, 0.5) is 0 Å². The quantitative estimate of drug-likeness (QED) is 0.296. The summed E-state index contributed by atoms with van der Waals surface area (Å²) in [5.74, 6) is 0.524. The fourth-order valence-electron chi connectivity index (χ4n) is 4.78. The summed E-state index contributed by atoms with van der Waals surface area (Å²) in [7, 11) is 0. The number of H-pyrrole nitrogens is 1. The summed E-state index contributed by atoms with van der Waals surface area (Å²) in [4.78, 5) is 18.5. The summed E-state index contributed by atoms with van der Waals surface area (Å²) >= 11 is 0. The second-order valence-electron chi connectivity index (χ2n) is 10.6. The highest BCUT2D eigenvalue weighted by Gasteiger charge is 2.21. The Hall–Kier alpha value is -4.33. The van der Waals surface area contributed by atoms with Crippen molar-refractivity contribution < 1.29 is 0 Å². The Morgan fingerprint density at radius 3 is 2.39 bits per heavy atom. The van der Waals surface area contributed by atoms with Crippen LogP contribution >= 0.6 is 0 Å². The predicted molar refractivity (Wildman–Crippen MR) is 149 cm³/mol. The van der Waals surface area contributed by atoms with Gasteiger partial charge in [-0.3, -0.25) is 14.1 Å². The van der Waals surface area contributed by atoms with Gasteiger partial charge in [0.05, 0.1) is 17.9 Å². The maximum absolute atomic E-state index is 13.8. The molecule has 0 saturated heterocycles. The molecule has 0 spiro atoms. The Morgan fingerprint density at radius 1 is 0.947 bits per heavy atom. The van der Waals surface area contributed by atoms with Crippen molar-refractivity contribution >= 4 is 0 Å². The number of pyridine rings is 1. The van der Waals surface area contributed by atoms with E-state index in [0.717, 1.165) is 58.6 Å². The van der Waals surface area contributed by atoms with E-state index in [4.69, 9.17) is 4.98 Å². The molecule has 194 valence electrons. The van der Waals surface area contributed by atoms with Gasteiger partial charge in [-0.25, -0.2) is 4.79 Å². The highest BCUT2D eigenvalue weighted by molar-refractivity contribution is 5.78. The smallest absolute Gasteiger partial charge is 0.292 e. The number of rotatable bonds is 8. The number of hydrogen-bond acceptors (Lipinski definition) is 5. The molecular weight excluding hydrogens is 474 g/mol. The van der Waals surface area contributed by atoms with Gasteiger partial charge in [-0.15, -0.1) is 10.2 Å². The molecule has 0 saturated carbocycles. The molecule has 0 bridgehead atoms. The number of unbranched alkanes of at least 4 members (excludes halogenated alkanes) is 1. The second-order valence-corrected chi connectivity index (χ2v) is 10.6. The highest BCUT2D eigenvalue weighted by atomic mass is 16.1. The molecule has 1 N–H and O–H groups in total. The normalized spacial score (nSPS) is 11.7. The van der Waals surface area contributed by atoms with E-state index in [1.54, 1.807) is 0 Å². The van der Waals surface area contributed by atoms with Crippen molar-refractivity contribution in [3.8, 4) is 28.3 Å². The van der Waals surface area contributed by atoms with Gasteiger partial charge in [-0.05, 0) is 46.7 Å². The maximum atomic E-state index is 13.8. The summed E-state index contributed by atoms with van der Waals surface area (Å²) in [6.07, 6.45) is 6.80. The molecule has 3 aromatic heterocycles. The summed E-state index contributed by atoms with van der Waals surface area (Å²) in [6.45, 7) is 9.16. The van der Waals surface area contributed by atoms with Crippen LogP contribution < -0.4 is 5.69 Å². The van der Waals surface area contributed by atoms with Crippen LogP contribution in [-0.4, -0.2) is 34.7 Å². The molecule has 8 heteroatoms. The third-order valence-corrected chi connectivity index (χ3v) is 6.77. The zero-order valence-corrected chi connectivity index (χ0v) is 22.3. The van der Waals surface area contributed by atoms with E-state index in [-0.39, 0.29) is 11.1 Å². The molecule has 5 rings (SSSR count). The van der Waals surface area contributed by atoms with Gasteiger partial charge >= 0.3 is 5.69 Å². The van der Waals surface area contributed by atoms with E-state index in [1.165, 1.54) is 0 Å². The average Bonchev–Trinajstić information content (AvgIpc) is 3.56. The lowest BCUT2D eigenvalue weighted by molar-refractivity contribution is 0.584. The molecule has 8 nitrogen and oxygen atoms in total. The largest absolute Gasteiger partial charge is 0.333 e. The standard InChI is InChI=1S/C30H33N7O/c1-5-6-11-22-20-37(27-15-10-9-14-25(27)30(2,3)4)29(38)36(22)19-21-16-17-26(31-18-21)23-12-7-8-13-24(23)28-32-34-35-33-28/h7-10,12-18,20H,5-6,11,19H2,1-4H3,(H,32,33,34,35). The summed E-state index contributed by atoms with van der Waals surface area (Å²) < 4.78 is 3.70. The molecule has 3 heterocycles. The number of nitrogens with one attached hydrogen (secondary N) is 1. The minimum absolute atomic E-state index is 0.0284. The van der Waals surface area contributed by atoms with Gasteiger partial charge in [-0.1, -0.05) is 82.6 Å². The van der Waals surface area contributed by atoms with Crippen molar-refractivity contribution in [1.29, 1.82) is 0 Å². The topological polar surface area (TPSA) is 94.3 Å². The Kier molecular flexibility index (Phi) is 7.05. The highest BCUT2D eigenvalue weighted by Crippen LogP contribution is 2.29. The Morgan fingerprint density at radius 2 is 1.71 bits per heavy atom. The number of aromatic nitrogens is 7. The molecular formula is C30H33N7O. The van der Waals surface area contributed by atoms with Crippen LogP contribution in [0.3, 0.4) is 0 Å². The van der Waals surface area contributed by atoms with Gasteiger partial charge in [0.25, 0.3) is 0 Å². The van der Waals surface area contributed by atoms with Crippen LogP contribution in [-0.2, 0) is 18.4 Å². The summed E-state index contributed by atoms with van der Waals surface area (Å²) in [5, 5.41) is 14.4. The lowest BCUT2D eigenvalue weighted by Gasteiger charge is -2.22. The van der Waals surface area contributed by atoms with Crippen LogP contribution in [0, 0.1) is 0 Å². The van der Waals surface area contributed by atoms with Crippen LogP contribution in [0.5, 0.6) is 0 Å². The molecule has 0 radical (unpaired) electrons. The third kappa shape index (κ3) is 5.07. The van der Waals surface area contributed by atoms with Gasteiger partial charge in [0.2, 0.25) is 5.82 Å². The van der Waals surface area contributed by atoms with Crippen molar-refractivity contribution in [3.63, 3.8) is 0 Å². The lowest BCUT2D eigenvalue weighted by atomic mass is 9.86. The fraction of sp³-hybridized carbons (Fsp3) is 0.300. The molecule has 0 unspecified atom stereocenters. The van der Waals surface area contributed by atoms with Crippen molar-refractivity contribution in [1.82, 2.24) is 34.7 Å². The maximum Gasteiger partial charge on any atom is 0.333 e. The Labute approximate surface area is 222 Å². The number of benzene rings is 2. The van der Waals surface area contributed by atoms with E-state index in [2.05, 4.69) is 54.4 Å². The Balaban J connectivity index is 1.50. The molecule has 0 aliphatic rings. The number of hydrogen-bond donors (Lipinski definition) is 1. The zero-order chi connectivity index (χ0) is 26.7. The van der Waals surface area contributed by atoms with Gasteiger partial charge < -0.3 is 0 Å². The van der Waals surface area contributed by atoms with Gasteiger partial charge in [0.1, 0.15) is 0 Å². The number of imidazole rings is 1. The van der Waals surface area contributed by atoms with Gasteiger partial charge in [0, 0.05) is 29.2 Å². The predicted octanol–water partition coefficient (Wildman–Crippen LogP) is 5.57. The molecule has 0 aliphatic carbocycles. The summed E-state index contributed by atoms with van der Waals surface area (Å²) in [6, 6.07) is 20.0. The van der Waals surface area contributed by atoms with Crippen LogP contribution in [0.15, 0.2) is 77.9 Å². The number of aromatic amines is 1.